The van der Waals surface area contributed by atoms with Crippen molar-refractivity contribution >= 4 is 15.9 Å². The highest BCUT2D eigenvalue weighted by molar-refractivity contribution is 7.89. The maximum absolute atomic E-state index is 12.8. The van der Waals surface area contributed by atoms with E-state index in [1.165, 1.54) is 4.31 Å². The first-order chi connectivity index (χ1) is 12.0. The van der Waals surface area contributed by atoms with E-state index in [-0.39, 0.29) is 10.8 Å². The molecule has 1 aliphatic heterocycles. The maximum Gasteiger partial charge on any atom is 0.243 e. The number of nitrogens with one attached hydrogen (secondary N) is 1. The van der Waals surface area contributed by atoms with Crippen LogP contribution in [-0.4, -0.2) is 31.2 Å². The molecule has 0 bridgehead atoms. The van der Waals surface area contributed by atoms with Crippen LogP contribution in [0.25, 0.3) is 0 Å². The summed E-state index contributed by atoms with van der Waals surface area (Å²) in [4.78, 5) is 12.8. The molecule has 2 aromatic rings. The lowest BCUT2D eigenvalue weighted by Gasteiger charge is -2.23. The molecule has 1 fully saturated rings. The van der Waals surface area contributed by atoms with Crippen LogP contribution in [-0.2, 0) is 21.4 Å². The molecule has 5 nitrogen and oxygen atoms in total. The van der Waals surface area contributed by atoms with E-state index in [1.54, 1.807) is 30.3 Å². The Bertz CT molecular complexity index is 850. The summed E-state index contributed by atoms with van der Waals surface area (Å²) < 4.78 is 27.0. The van der Waals surface area contributed by atoms with Gasteiger partial charge in [-0.2, -0.15) is 4.31 Å². The minimum atomic E-state index is -3.65. The summed E-state index contributed by atoms with van der Waals surface area (Å²) in [6, 6.07) is 15.5. The molecule has 2 aromatic carbocycles. The average molecular weight is 358 g/mol. The number of carbonyl (C=O) groups is 1. The summed E-state index contributed by atoms with van der Waals surface area (Å²) in [6.45, 7) is 2.77. The van der Waals surface area contributed by atoms with Crippen molar-refractivity contribution in [3.05, 3.63) is 65.7 Å². The van der Waals surface area contributed by atoms with E-state index in [0.717, 1.165) is 11.1 Å². The summed E-state index contributed by atoms with van der Waals surface area (Å²) in [5.41, 5.74) is 2.13. The van der Waals surface area contributed by atoms with Gasteiger partial charge in [-0.25, -0.2) is 8.42 Å². The van der Waals surface area contributed by atoms with Gasteiger partial charge < -0.3 is 5.32 Å². The Morgan fingerprint density at radius 1 is 1.12 bits per heavy atom. The highest BCUT2D eigenvalue weighted by Crippen LogP contribution is 2.26. The van der Waals surface area contributed by atoms with E-state index in [1.807, 2.05) is 31.2 Å². The molecule has 1 N–H and O–H groups in total. The van der Waals surface area contributed by atoms with Crippen LogP contribution in [0.4, 0.5) is 0 Å². The van der Waals surface area contributed by atoms with Gasteiger partial charge in [-0.3, -0.25) is 4.79 Å². The molecule has 1 unspecified atom stereocenters. The molecule has 25 heavy (non-hydrogen) atoms. The quantitative estimate of drug-likeness (QED) is 0.893. The van der Waals surface area contributed by atoms with Gasteiger partial charge in [-0.05, 0) is 43.0 Å². The van der Waals surface area contributed by atoms with Gasteiger partial charge in [0.1, 0.15) is 6.04 Å². The normalized spacial score (nSPS) is 18.2. The Morgan fingerprint density at radius 3 is 2.52 bits per heavy atom. The van der Waals surface area contributed by atoms with Crippen molar-refractivity contribution < 1.29 is 13.2 Å². The van der Waals surface area contributed by atoms with E-state index in [4.69, 9.17) is 0 Å². The number of aryl methyl sites for hydroxylation is 1. The lowest BCUT2D eigenvalue weighted by Crippen LogP contribution is -2.45. The predicted molar refractivity (Wildman–Crippen MR) is 96.4 cm³/mol. The minimum Gasteiger partial charge on any atom is -0.351 e. The van der Waals surface area contributed by atoms with E-state index in [2.05, 4.69) is 5.32 Å². The van der Waals surface area contributed by atoms with E-state index >= 15 is 0 Å². The molecule has 3 rings (SSSR count). The average Bonchev–Trinajstić information content (AvgIpc) is 3.12. The van der Waals surface area contributed by atoms with Crippen LogP contribution in [0.15, 0.2) is 59.5 Å². The Kier molecular flexibility index (Phi) is 5.20. The lowest BCUT2D eigenvalue weighted by atomic mass is 10.1. The van der Waals surface area contributed by atoms with Crippen LogP contribution in [0.2, 0.25) is 0 Å². The number of sulfonamides is 1. The third kappa shape index (κ3) is 3.75. The van der Waals surface area contributed by atoms with Gasteiger partial charge in [0.15, 0.2) is 0 Å². The highest BCUT2D eigenvalue weighted by Gasteiger charge is 2.39. The second-order valence-electron chi connectivity index (χ2n) is 6.23. The number of hydrogen-bond donors (Lipinski definition) is 1. The molecule has 132 valence electrons. The van der Waals surface area contributed by atoms with Crippen molar-refractivity contribution in [1.82, 2.24) is 9.62 Å². The number of hydrogen-bond acceptors (Lipinski definition) is 3. The third-order valence-electron chi connectivity index (χ3n) is 4.57. The largest absolute Gasteiger partial charge is 0.351 e. The van der Waals surface area contributed by atoms with Crippen molar-refractivity contribution in [1.29, 1.82) is 0 Å². The molecule has 6 heteroatoms. The fourth-order valence-corrected chi connectivity index (χ4v) is 4.80. The van der Waals surface area contributed by atoms with E-state index in [0.29, 0.717) is 25.9 Å². The van der Waals surface area contributed by atoms with Crippen LogP contribution in [0.1, 0.15) is 24.0 Å². The Balaban J connectivity index is 1.73. The molecule has 0 radical (unpaired) electrons. The van der Waals surface area contributed by atoms with E-state index < -0.39 is 16.1 Å². The summed E-state index contributed by atoms with van der Waals surface area (Å²) in [5, 5.41) is 2.89. The van der Waals surface area contributed by atoms with Gasteiger partial charge in [0.25, 0.3) is 0 Å². The summed E-state index contributed by atoms with van der Waals surface area (Å²) in [5.74, 6) is -0.236. The zero-order chi connectivity index (χ0) is 17.9. The Hall–Kier alpha value is -2.18. The molecular formula is C19H22N2O3S. The maximum atomic E-state index is 12.8. The molecule has 1 saturated heterocycles. The predicted octanol–water partition coefficient (Wildman–Crippen LogP) is 2.46. The molecule has 1 atom stereocenters. The number of benzene rings is 2. The SMILES string of the molecule is Cc1ccccc1CNC(=O)C1CCCN1S(=O)(=O)c1ccccc1. The number of nitrogens with zero attached hydrogens (tertiary/aromatic N) is 1. The topological polar surface area (TPSA) is 66.5 Å². The van der Waals surface area contributed by atoms with Crippen LogP contribution in [0.3, 0.4) is 0 Å². The van der Waals surface area contributed by atoms with Crippen molar-refractivity contribution in [2.45, 2.75) is 37.2 Å². The lowest BCUT2D eigenvalue weighted by molar-refractivity contribution is -0.124. The van der Waals surface area contributed by atoms with Gasteiger partial charge in [0.2, 0.25) is 15.9 Å². The van der Waals surface area contributed by atoms with Crippen molar-refractivity contribution in [2.24, 2.45) is 0 Å². The first-order valence-corrected chi connectivity index (χ1v) is 9.83. The van der Waals surface area contributed by atoms with Crippen molar-refractivity contribution in [3.63, 3.8) is 0 Å². The van der Waals surface area contributed by atoms with Crippen LogP contribution in [0.5, 0.6) is 0 Å². The second-order valence-corrected chi connectivity index (χ2v) is 8.12. The first kappa shape index (κ1) is 17.6. The zero-order valence-corrected chi connectivity index (χ0v) is 15.0. The molecular weight excluding hydrogens is 336 g/mol. The van der Waals surface area contributed by atoms with Crippen molar-refractivity contribution in [3.8, 4) is 0 Å². The molecule has 0 spiro atoms. The summed E-state index contributed by atoms with van der Waals surface area (Å²) >= 11 is 0. The molecule has 0 saturated carbocycles. The molecule has 1 aliphatic rings. The highest BCUT2D eigenvalue weighted by atomic mass is 32.2. The summed E-state index contributed by atoms with van der Waals surface area (Å²) in [7, 11) is -3.65. The molecule has 0 aliphatic carbocycles. The van der Waals surface area contributed by atoms with Crippen LogP contribution >= 0.6 is 0 Å². The smallest absolute Gasteiger partial charge is 0.243 e. The standard InChI is InChI=1S/C19H22N2O3S/c1-15-8-5-6-9-16(15)14-20-19(22)18-12-7-13-21(18)25(23,24)17-10-3-2-4-11-17/h2-6,8-11,18H,7,12-14H2,1H3,(H,20,22). The fourth-order valence-electron chi connectivity index (χ4n) is 3.13. The van der Waals surface area contributed by atoms with Gasteiger partial charge in [0, 0.05) is 13.1 Å². The number of rotatable bonds is 5. The van der Waals surface area contributed by atoms with Crippen LogP contribution < -0.4 is 5.32 Å². The van der Waals surface area contributed by atoms with Gasteiger partial charge >= 0.3 is 0 Å². The minimum absolute atomic E-state index is 0.230. The first-order valence-electron chi connectivity index (χ1n) is 8.39. The van der Waals surface area contributed by atoms with Gasteiger partial charge in [0.05, 0.1) is 4.90 Å². The summed E-state index contributed by atoms with van der Waals surface area (Å²) in [6.07, 6.45) is 1.24. The van der Waals surface area contributed by atoms with Gasteiger partial charge in [-0.1, -0.05) is 42.5 Å². The van der Waals surface area contributed by atoms with Gasteiger partial charge in [-0.15, -0.1) is 0 Å². The molecule has 1 amide bonds. The number of amides is 1. The van der Waals surface area contributed by atoms with Crippen molar-refractivity contribution in [2.75, 3.05) is 6.54 Å². The fraction of sp³-hybridized carbons (Fsp3) is 0.316. The molecule has 0 aromatic heterocycles. The zero-order valence-electron chi connectivity index (χ0n) is 14.2. The third-order valence-corrected chi connectivity index (χ3v) is 6.49. The number of carbonyl (C=O) groups excluding carboxylic acids is 1. The monoisotopic (exact) mass is 358 g/mol. The molecule has 1 heterocycles. The Labute approximate surface area is 148 Å². The second kappa shape index (κ2) is 7.37. The Morgan fingerprint density at radius 2 is 1.80 bits per heavy atom. The van der Waals surface area contributed by atoms with E-state index in [9.17, 15) is 13.2 Å². The van der Waals surface area contributed by atoms with Crippen LogP contribution in [0, 0.1) is 6.92 Å².